The van der Waals surface area contributed by atoms with Gasteiger partial charge in [-0.1, -0.05) is 0 Å². The van der Waals surface area contributed by atoms with Crippen LogP contribution in [0, 0.1) is 0 Å². The summed E-state index contributed by atoms with van der Waals surface area (Å²) in [4.78, 5) is 9.42. The molecular formula is C11H12F3N5. The molecule has 0 spiro atoms. The number of aryl methyl sites for hydroxylation is 1. The Labute approximate surface area is 107 Å². The van der Waals surface area contributed by atoms with Gasteiger partial charge in [-0.05, 0) is 12.1 Å². The van der Waals surface area contributed by atoms with Crippen molar-refractivity contribution in [1.29, 1.82) is 0 Å². The number of hydrogen-bond donors (Lipinski definition) is 0. The van der Waals surface area contributed by atoms with E-state index >= 15 is 0 Å². The van der Waals surface area contributed by atoms with Crippen LogP contribution in [0.4, 0.5) is 19.0 Å². The predicted octanol–water partition coefficient (Wildman–Crippen LogP) is 1.96. The van der Waals surface area contributed by atoms with Crippen LogP contribution in [0.3, 0.4) is 0 Å². The van der Waals surface area contributed by atoms with E-state index in [2.05, 4.69) is 15.1 Å². The van der Waals surface area contributed by atoms with Gasteiger partial charge in [-0.25, -0.2) is 14.6 Å². The Morgan fingerprint density at radius 1 is 1.21 bits per heavy atom. The number of aromatic nitrogens is 4. The minimum Gasteiger partial charge on any atom is -0.363 e. The minimum absolute atomic E-state index is 0.130. The third-order valence-corrected chi connectivity index (χ3v) is 2.48. The first-order valence-electron chi connectivity index (χ1n) is 5.41. The summed E-state index contributed by atoms with van der Waals surface area (Å²) in [5.74, 6) is -0.311. The van der Waals surface area contributed by atoms with Crippen molar-refractivity contribution in [3.8, 4) is 11.4 Å². The summed E-state index contributed by atoms with van der Waals surface area (Å²) in [6.07, 6.45) is -3.08. The molecule has 0 saturated heterocycles. The molecule has 0 aliphatic carbocycles. The Hall–Kier alpha value is -2.12. The molecule has 0 saturated carbocycles. The molecule has 5 nitrogen and oxygen atoms in total. The first-order valence-corrected chi connectivity index (χ1v) is 5.41. The summed E-state index contributed by atoms with van der Waals surface area (Å²) in [5, 5.41) is 3.36. The number of anilines is 1. The van der Waals surface area contributed by atoms with Gasteiger partial charge in [0, 0.05) is 32.9 Å². The zero-order valence-electron chi connectivity index (χ0n) is 10.6. The van der Waals surface area contributed by atoms with Crippen LogP contribution in [0.2, 0.25) is 0 Å². The standard InChI is InChI=1S/C11H12F3N5/c1-18(2)8-5-4-7(6-15-8)9-16-10(11(12,13)14)17-19(9)3/h4-6H,1-3H3. The number of rotatable bonds is 2. The summed E-state index contributed by atoms with van der Waals surface area (Å²) in [6.45, 7) is 0. The first kappa shape index (κ1) is 13.3. The lowest BCUT2D eigenvalue weighted by Gasteiger charge is -2.10. The highest BCUT2D eigenvalue weighted by Crippen LogP contribution is 2.28. The molecule has 0 fully saturated rings. The molecule has 0 atom stereocenters. The molecule has 0 aliphatic rings. The Kier molecular flexibility index (Phi) is 3.17. The number of hydrogen-bond acceptors (Lipinski definition) is 4. The number of alkyl halides is 3. The maximum Gasteiger partial charge on any atom is 0.453 e. The van der Waals surface area contributed by atoms with E-state index in [1.54, 1.807) is 17.0 Å². The van der Waals surface area contributed by atoms with Crippen LogP contribution in [0.25, 0.3) is 11.4 Å². The zero-order valence-corrected chi connectivity index (χ0v) is 10.6. The molecular weight excluding hydrogens is 259 g/mol. The first-order chi connectivity index (χ1) is 8.79. The largest absolute Gasteiger partial charge is 0.453 e. The van der Waals surface area contributed by atoms with Crippen molar-refractivity contribution in [1.82, 2.24) is 19.7 Å². The molecule has 0 amide bonds. The average Bonchev–Trinajstić information content (AvgIpc) is 2.71. The van der Waals surface area contributed by atoms with Crippen LogP contribution < -0.4 is 4.90 Å². The van der Waals surface area contributed by atoms with E-state index < -0.39 is 12.0 Å². The lowest BCUT2D eigenvalue weighted by molar-refractivity contribution is -0.144. The van der Waals surface area contributed by atoms with Gasteiger partial charge in [-0.2, -0.15) is 13.2 Å². The summed E-state index contributed by atoms with van der Waals surface area (Å²) < 4.78 is 38.6. The second-order valence-electron chi connectivity index (χ2n) is 4.18. The summed E-state index contributed by atoms with van der Waals surface area (Å²) >= 11 is 0. The lowest BCUT2D eigenvalue weighted by atomic mass is 10.2. The van der Waals surface area contributed by atoms with E-state index in [1.165, 1.54) is 13.2 Å². The van der Waals surface area contributed by atoms with Gasteiger partial charge in [0.25, 0.3) is 5.82 Å². The van der Waals surface area contributed by atoms with Crippen LogP contribution in [0.15, 0.2) is 18.3 Å². The molecule has 102 valence electrons. The van der Waals surface area contributed by atoms with E-state index in [9.17, 15) is 13.2 Å². The van der Waals surface area contributed by atoms with Crippen molar-refractivity contribution in [2.75, 3.05) is 19.0 Å². The van der Waals surface area contributed by atoms with Gasteiger partial charge in [0.05, 0.1) is 0 Å². The van der Waals surface area contributed by atoms with Gasteiger partial charge in [-0.3, -0.25) is 0 Å². The molecule has 2 rings (SSSR count). The van der Waals surface area contributed by atoms with Crippen LogP contribution in [-0.2, 0) is 13.2 Å². The smallest absolute Gasteiger partial charge is 0.363 e. The van der Waals surface area contributed by atoms with Crippen molar-refractivity contribution in [3.05, 3.63) is 24.2 Å². The van der Waals surface area contributed by atoms with E-state index in [4.69, 9.17) is 0 Å². The van der Waals surface area contributed by atoms with E-state index in [1.807, 2.05) is 14.1 Å². The molecule has 2 aromatic heterocycles. The Morgan fingerprint density at radius 2 is 1.89 bits per heavy atom. The van der Waals surface area contributed by atoms with Crippen molar-refractivity contribution in [2.24, 2.45) is 7.05 Å². The fraction of sp³-hybridized carbons (Fsp3) is 0.364. The maximum absolute atomic E-state index is 12.5. The number of halogens is 3. The molecule has 0 unspecified atom stereocenters. The summed E-state index contributed by atoms with van der Waals surface area (Å²) in [7, 11) is 5.07. The maximum atomic E-state index is 12.5. The third-order valence-electron chi connectivity index (χ3n) is 2.48. The van der Waals surface area contributed by atoms with Gasteiger partial charge < -0.3 is 4.90 Å². The monoisotopic (exact) mass is 271 g/mol. The summed E-state index contributed by atoms with van der Waals surface area (Å²) in [5.41, 5.74) is 0.483. The fourth-order valence-electron chi connectivity index (χ4n) is 1.54. The molecule has 2 heterocycles. The Morgan fingerprint density at radius 3 is 2.32 bits per heavy atom. The second kappa shape index (κ2) is 4.52. The van der Waals surface area contributed by atoms with E-state index in [0.717, 1.165) is 4.68 Å². The fourth-order valence-corrected chi connectivity index (χ4v) is 1.54. The lowest BCUT2D eigenvalue weighted by Crippen LogP contribution is -2.10. The van der Waals surface area contributed by atoms with Crippen LogP contribution in [0.1, 0.15) is 5.82 Å². The average molecular weight is 271 g/mol. The van der Waals surface area contributed by atoms with Gasteiger partial charge in [0.2, 0.25) is 0 Å². The van der Waals surface area contributed by atoms with Crippen molar-refractivity contribution in [2.45, 2.75) is 6.18 Å². The van der Waals surface area contributed by atoms with Gasteiger partial charge in [-0.15, -0.1) is 5.10 Å². The normalized spacial score (nSPS) is 11.7. The highest BCUT2D eigenvalue weighted by atomic mass is 19.4. The van der Waals surface area contributed by atoms with Gasteiger partial charge in [0.15, 0.2) is 5.82 Å². The van der Waals surface area contributed by atoms with Crippen molar-refractivity contribution in [3.63, 3.8) is 0 Å². The van der Waals surface area contributed by atoms with Crippen LogP contribution >= 0.6 is 0 Å². The van der Waals surface area contributed by atoms with E-state index in [-0.39, 0.29) is 5.82 Å². The SMILES string of the molecule is CN(C)c1ccc(-c2nc(C(F)(F)F)nn2C)cn1. The third kappa shape index (κ3) is 2.67. The minimum atomic E-state index is -4.55. The zero-order chi connectivity index (χ0) is 14.2. The molecule has 0 aliphatic heterocycles. The molecule has 2 aromatic rings. The van der Waals surface area contributed by atoms with Crippen molar-refractivity contribution >= 4 is 5.82 Å². The highest BCUT2D eigenvalue weighted by molar-refractivity contribution is 5.56. The Balaban J connectivity index is 2.39. The molecule has 0 radical (unpaired) electrons. The van der Waals surface area contributed by atoms with E-state index in [0.29, 0.717) is 11.4 Å². The molecule has 19 heavy (non-hydrogen) atoms. The molecule has 8 heteroatoms. The molecule has 0 bridgehead atoms. The highest BCUT2D eigenvalue weighted by Gasteiger charge is 2.36. The van der Waals surface area contributed by atoms with Crippen molar-refractivity contribution < 1.29 is 13.2 Å². The van der Waals surface area contributed by atoms with Crippen LogP contribution in [-0.4, -0.2) is 33.8 Å². The molecule has 0 aromatic carbocycles. The number of pyridine rings is 1. The predicted molar refractivity (Wildman–Crippen MR) is 63.6 cm³/mol. The quantitative estimate of drug-likeness (QED) is 0.837. The van der Waals surface area contributed by atoms with Gasteiger partial charge >= 0.3 is 6.18 Å². The topological polar surface area (TPSA) is 46.8 Å². The Bertz CT molecular complexity index is 571. The summed E-state index contributed by atoms with van der Waals surface area (Å²) in [6, 6.07) is 3.36. The molecule has 0 N–H and O–H groups in total. The van der Waals surface area contributed by atoms with Crippen LogP contribution in [0.5, 0.6) is 0 Å². The second-order valence-corrected chi connectivity index (χ2v) is 4.18. The number of nitrogens with zero attached hydrogens (tertiary/aromatic N) is 5. The van der Waals surface area contributed by atoms with Gasteiger partial charge in [0.1, 0.15) is 5.82 Å².